The van der Waals surface area contributed by atoms with Gasteiger partial charge >= 0.3 is 6.16 Å². The molecule has 1 saturated carbocycles. The molecule has 4 rings (SSSR count). The second kappa shape index (κ2) is 7.56. The smallest absolute Gasteiger partial charge is 0.493 e. The van der Waals surface area contributed by atoms with Gasteiger partial charge in [-0.2, -0.15) is 0 Å². The van der Waals surface area contributed by atoms with Crippen molar-refractivity contribution in [3.8, 4) is 17.2 Å². The summed E-state index contributed by atoms with van der Waals surface area (Å²) in [4.78, 5) is 13.0. The van der Waals surface area contributed by atoms with E-state index in [2.05, 4.69) is 4.90 Å². The molecule has 2 aliphatic rings. The number of carboxylic acid groups (broad SMARTS) is 1. The summed E-state index contributed by atoms with van der Waals surface area (Å²) in [6, 6.07) is 10.9. The molecule has 1 aliphatic heterocycles. The van der Waals surface area contributed by atoms with Crippen molar-refractivity contribution in [2.45, 2.75) is 19.4 Å². The molecule has 6 nitrogen and oxygen atoms in total. The van der Waals surface area contributed by atoms with Crippen molar-refractivity contribution in [2.75, 3.05) is 24.7 Å². The molecule has 27 heavy (non-hydrogen) atoms. The van der Waals surface area contributed by atoms with Gasteiger partial charge in [0.15, 0.2) is 11.5 Å². The Morgan fingerprint density at radius 3 is 2.89 bits per heavy atom. The largest absolute Gasteiger partial charge is 0.511 e. The van der Waals surface area contributed by atoms with Crippen molar-refractivity contribution in [3.63, 3.8) is 0 Å². The maximum atomic E-state index is 10.9. The van der Waals surface area contributed by atoms with E-state index in [1.807, 2.05) is 24.3 Å². The molecule has 7 heteroatoms. The maximum Gasteiger partial charge on any atom is 0.511 e. The summed E-state index contributed by atoms with van der Waals surface area (Å²) >= 11 is 6.21. The molecule has 1 heterocycles. The van der Waals surface area contributed by atoms with Crippen molar-refractivity contribution in [1.82, 2.24) is 0 Å². The topological polar surface area (TPSA) is 68.2 Å². The first-order valence-electron chi connectivity index (χ1n) is 8.93. The summed E-state index contributed by atoms with van der Waals surface area (Å²) in [7, 11) is 0. The monoisotopic (exact) mass is 389 g/mol. The Morgan fingerprint density at radius 1 is 1.26 bits per heavy atom. The summed E-state index contributed by atoms with van der Waals surface area (Å²) in [6.07, 6.45) is 1.09. The summed E-state index contributed by atoms with van der Waals surface area (Å²) in [6.45, 7) is 2.41. The molecule has 0 radical (unpaired) electrons. The molecule has 1 aliphatic carbocycles. The second-order valence-electron chi connectivity index (χ2n) is 6.75. The third-order valence-electron chi connectivity index (χ3n) is 4.66. The fourth-order valence-corrected chi connectivity index (χ4v) is 3.32. The number of hydrogen-bond acceptors (Lipinski definition) is 5. The Morgan fingerprint density at radius 2 is 2.11 bits per heavy atom. The predicted molar refractivity (Wildman–Crippen MR) is 101 cm³/mol. The quantitative estimate of drug-likeness (QED) is 0.576. The predicted octanol–water partition coefficient (Wildman–Crippen LogP) is 4.58. The first-order chi connectivity index (χ1) is 13.1. The standard InChI is InChI=1S/C20H20ClNO5/c21-15-6-7-17(26-12-13-4-5-13)14(10-15)11-22-8-9-25-19-16(22)2-1-3-18(19)27-20(23)24/h1-3,6-7,10,13H,4-5,8-9,11-12H2,(H,23,24). The molecular weight excluding hydrogens is 370 g/mol. The van der Waals surface area contributed by atoms with E-state index in [1.54, 1.807) is 12.1 Å². The minimum Gasteiger partial charge on any atom is -0.493 e. The van der Waals surface area contributed by atoms with E-state index in [9.17, 15) is 4.79 Å². The van der Waals surface area contributed by atoms with Crippen molar-refractivity contribution < 1.29 is 24.1 Å². The van der Waals surface area contributed by atoms with Crippen LogP contribution >= 0.6 is 11.6 Å². The van der Waals surface area contributed by atoms with Crippen molar-refractivity contribution in [1.29, 1.82) is 0 Å². The Balaban J connectivity index is 1.59. The van der Waals surface area contributed by atoms with Crippen LogP contribution < -0.4 is 19.1 Å². The highest BCUT2D eigenvalue weighted by molar-refractivity contribution is 6.30. The molecule has 0 saturated heterocycles. The Kier molecular flexibility index (Phi) is 4.99. The normalized spacial score (nSPS) is 15.7. The van der Waals surface area contributed by atoms with Gasteiger partial charge in [0.25, 0.3) is 0 Å². The zero-order valence-corrected chi connectivity index (χ0v) is 15.4. The number of para-hydroxylation sites is 1. The van der Waals surface area contributed by atoms with Crippen LogP contribution in [0.1, 0.15) is 18.4 Å². The highest BCUT2D eigenvalue weighted by Crippen LogP contribution is 2.41. The Labute approximate surface area is 162 Å². The fraction of sp³-hybridized carbons (Fsp3) is 0.350. The van der Waals surface area contributed by atoms with Crippen LogP contribution in [0, 0.1) is 5.92 Å². The number of halogens is 1. The first-order valence-corrected chi connectivity index (χ1v) is 9.30. The van der Waals surface area contributed by atoms with Gasteiger partial charge in [0.2, 0.25) is 0 Å². The molecule has 2 aromatic carbocycles. The van der Waals surface area contributed by atoms with E-state index < -0.39 is 6.16 Å². The number of nitrogens with zero attached hydrogens (tertiary/aromatic N) is 1. The van der Waals surface area contributed by atoms with E-state index in [0.29, 0.717) is 36.4 Å². The number of benzene rings is 2. The summed E-state index contributed by atoms with van der Waals surface area (Å²) in [5.74, 6) is 2.13. The molecule has 0 aromatic heterocycles. The van der Waals surface area contributed by atoms with Gasteiger partial charge < -0.3 is 24.2 Å². The molecular formula is C20H20ClNO5. The molecule has 2 aromatic rings. The van der Waals surface area contributed by atoms with Crippen molar-refractivity contribution in [2.24, 2.45) is 5.92 Å². The zero-order valence-electron chi connectivity index (χ0n) is 14.7. The average molecular weight is 390 g/mol. The number of carbonyl (C=O) groups is 1. The molecule has 0 bridgehead atoms. The highest BCUT2D eigenvalue weighted by Gasteiger charge is 2.25. The summed E-state index contributed by atoms with van der Waals surface area (Å²) < 4.78 is 16.5. The van der Waals surface area contributed by atoms with E-state index in [4.69, 9.17) is 30.9 Å². The number of anilines is 1. The Bertz CT molecular complexity index is 852. The average Bonchev–Trinajstić information content (AvgIpc) is 3.46. The molecule has 0 spiro atoms. The third-order valence-corrected chi connectivity index (χ3v) is 4.89. The molecule has 1 fully saturated rings. The number of fused-ring (bicyclic) bond motifs is 1. The van der Waals surface area contributed by atoms with Crippen molar-refractivity contribution in [3.05, 3.63) is 47.0 Å². The van der Waals surface area contributed by atoms with Gasteiger partial charge in [-0.25, -0.2) is 4.79 Å². The van der Waals surface area contributed by atoms with E-state index in [0.717, 1.165) is 23.6 Å². The van der Waals surface area contributed by atoms with Crippen LogP contribution in [-0.4, -0.2) is 31.0 Å². The Hall–Kier alpha value is -2.60. The number of hydrogen-bond donors (Lipinski definition) is 1. The summed E-state index contributed by atoms with van der Waals surface area (Å²) in [5.41, 5.74) is 1.77. The van der Waals surface area contributed by atoms with Gasteiger partial charge in [0.1, 0.15) is 12.4 Å². The number of ether oxygens (including phenoxy) is 3. The summed E-state index contributed by atoms with van der Waals surface area (Å²) in [5, 5.41) is 9.58. The van der Waals surface area contributed by atoms with Crippen molar-refractivity contribution >= 4 is 23.4 Å². The fourth-order valence-electron chi connectivity index (χ4n) is 3.13. The highest BCUT2D eigenvalue weighted by atomic mass is 35.5. The zero-order chi connectivity index (χ0) is 18.8. The molecule has 1 N–H and O–H groups in total. The van der Waals surface area contributed by atoms with Crippen LogP contribution in [0.4, 0.5) is 10.5 Å². The van der Waals surface area contributed by atoms with Gasteiger partial charge in [-0.3, -0.25) is 0 Å². The van der Waals surface area contributed by atoms with Crippen LogP contribution in [0.3, 0.4) is 0 Å². The van der Waals surface area contributed by atoms with E-state index >= 15 is 0 Å². The van der Waals surface area contributed by atoms with Crippen LogP contribution in [-0.2, 0) is 6.54 Å². The lowest BCUT2D eigenvalue weighted by atomic mass is 10.1. The van der Waals surface area contributed by atoms with Gasteiger partial charge in [-0.1, -0.05) is 17.7 Å². The lowest BCUT2D eigenvalue weighted by molar-refractivity contribution is 0.142. The van der Waals surface area contributed by atoms with Crippen LogP contribution in [0.15, 0.2) is 36.4 Å². The third kappa shape index (κ3) is 4.22. The van der Waals surface area contributed by atoms with Crippen LogP contribution in [0.25, 0.3) is 0 Å². The molecule has 0 atom stereocenters. The van der Waals surface area contributed by atoms with Gasteiger partial charge in [-0.05, 0) is 49.1 Å². The van der Waals surface area contributed by atoms with E-state index in [-0.39, 0.29) is 5.75 Å². The van der Waals surface area contributed by atoms with Gasteiger partial charge in [0.05, 0.1) is 18.8 Å². The lowest BCUT2D eigenvalue weighted by Gasteiger charge is -2.32. The SMILES string of the molecule is O=C(O)Oc1cccc2c1OCCN2Cc1cc(Cl)ccc1OCC1CC1. The minimum absolute atomic E-state index is 0.195. The first kappa shape index (κ1) is 17.8. The molecule has 142 valence electrons. The molecule has 0 amide bonds. The van der Waals surface area contributed by atoms with E-state index in [1.165, 1.54) is 12.8 Å². The number of rotatable bonds is 6. The van der Waals surface area contributed by atoms with Crippen LogP contribution in [0.5, 0.6) is 17.2 Å². The second-order valence-corrected chi connectivity index (χ2v) is 7.19. The molecule has 0 unspecified atom stereocenters. The van der Waals surface area contributed by atoms with Gasteiger partial charge in [-0.15, -0.1) is 0 Å². The van der Waals surface area contributed by atoms with Gasteiger partial charge in [0, 0.05) is 17.1 Å². The maximum absolute atomic E-state index is 10.9. The van der Waals surface area contributed by atoms with Crippen LogP contribution in [0.2, 0.25) is 5.02 Å². The minimum atomic E-state index is -1.37. The lowest BCUT2D eigenvalue weighted by Crippen LogP contribution is -2.32.